The standard InChI is InChI=1S/C19H31PSi3/c1-14-10-8-12-18(16(14)3)21-20(23(5,6)7)22-19-13-9-11-15(2)17(19)4/h8-13H,21-22H2,1-7H3. The molecule has 23 heavy (non-hydrogen) atoms. The number of hydrogen-bond donors (Lipinski definition) is 0. The maximum absolute atomic E-state index is 2.62. The largest absolute Gasteiger partial charge is 0.143 e. The molecule has 0 saturated heterocycles. The van der Waals surface area contributed by atoms with E-state index in [0.29, 0.717) is 6.57 Å². The van der Waals surface area contributed by atoms with Crippen LogP contribution in [-0.2, 0) is 0 Å². The Morgan fingerprint density at radius 1 is 0.696 bits per heavy atom. The molecule has 2 aromatic carbocycles. The number of hydrogen-bond acceptors (Lipinski definition) is 0. The monoisotopic (exact) mass is 374 g/mol. The van der Waals surface area contributed by atoms with E-state index in [2.05, 4.69) is 83.7 Å². The predicted octanol–water partition coefficient (Wildman–Crippen LogP) is 3.36. The van der Waals surface area contributed by atoms with Crippen LogP contribution in [0.25, 0.3) is 0 Å². The second-order valence-corrected chi connectivity index (χ2v) is 34.2. The van der Waals surface area contributed by atoms with Crippen molar-refractivity contribution in [2.75, 3.05) is 0 Å². The molecule has 124 valence electrons. The molecule has 0 aromatic heterocycles. The van der Waals surface area contributed by atoms with Gasteiger partial charge in [-0.15, -0.1) is 6.57 Å². The van der Waals surface area contributed by atoms with Gasteiger partial charge in [0.25, 0.3) is 0 Å². The summed E-state index contributed by atoms with van der Waals surface area (Å²) in [5.74, 6) is 0. The molecule has 0 nitrogen and oxygen atoms in total. The third kappa shape index (κ3) is 4.76. The van der Waals surface area contributed by atoms with Crippen LogP contribution in [0.5, 0.6) is 0 Å². The molecular weight excluding hydrogens is 343 g/mol. The van der Waals surface area contributed by atoms with Gasteiger partial charge in [-0.05, 0) is 49.9 Å². The first-order valence-electron chi connectivity index (χ1n) is 8.55. The normalized spacial score (nSPS) is 14.2. The molecule has 0 fully saturated rings. The third-order valence-electron chi connectivity index (χ3n) is 5.10. The first-order valence-corrected chi connectivity index (χ1v) is 19.8. The van der Waals surface area contributed by atoms with Crippen LogP contribution in [0, 0.1) is 27.7 Å². The zero-order valence-corrected chi connectivity index (χ0v) is 20.5. The molecule has 0 radical (unpaired) electrons. The molecule has 0 spiro atoms. The molecule has 0 aliphatic heterocycles. The van der Waals surface area contributed by atoms with Crippen LogP contribution in [0.3, 0.4) is 0 Å². The minimum absolute atomic E-state index is 0.136. The van der Waals surface area contributed by atoms with E-state index in [-0.39, 0.29) is 18.4 Å². The molecule has 0 aliphatic rings. The molecule has 2 aromatic rings. The highest BCUT2D eigenvalue weighted by atomic mass is 31.8. The maximum Gasteiger partial charge on any atom is 0.0740 e. The third-order valence-corrected chi connectivity index (χ3v) is 44.0. The summed E-state index contributed by atoms with van der Waals surface area (Å²) in [5.41, 5.74) is 6.13. The highest BCUT2D eigenvalue weighted by Crippen LogP contribution is 2.42. The lowest BCUT2D eigenvalue weighted by atomic mass is 10.1. The van der Waals surface area contributed by atoms with Crippen LogP contribution >= 0.6 is 6.57 Å². The average molecular weight is 375 g/mol. The van der Waals surface area contributed by atoms with Crippen molar-refractivity contribution in [1.29, 1.82) is 0 Å². The molecule has 2 rings (SSSR count). The number of aryl methyl sites for hydroxylation is 2. The quantitative estimate of drug-likeness (QED) is 0.556. The summed E-state index contributed by atoms with van der Waals surface area (Å²) in [7, 11) is -1.32. The fourth-order valence-electron chi connectivity index (χ4n) is 2.91. The van der Waals surface area contributed by atoms with Crippen molar-refractivity contribution in [2.45, 2.75) is 47.3 Å². The van der Waals surface area contributed by atoms with Crippen LogP contribution in [0.2, 0.25) is 19.6 Å². The van der Waals surface area contributed by atoms with Gasteiger partial charge in [-0.2, -0.15) is 0 Å². The highest BCUT2D eigenvalue weighted by Gasteiger charge is 2.27. The summed E-state index contributed by atoms with van der Waals surface area (Å²) in [6.07, 6.45) is 0. The van der Waals surface area contributed by atoms with Gasteiger partial charge in [-0.3, -0.25) is 0 Å². The number of benzene rings is 2. The zero-order valence-electron chi connectivity index (χ0n) is 15.8. The molecule has 0 heterocycles. The van der Waals surface area contributed by atoms with E-state index in [9.17, 15) is 0 Å². The lowest BCUT2D eigenvalue weighted by molar-refractivity contribution is 1.37. The van der Waals surface area contributed by atoms with Crippen molar-refractivity contribution in [2.24, 2.45) is 0 Å². The first-order chi connectivity index (χ1) is 10.7. The van der Waals surface area contributed by atoms with Crippen molar-refractivity contribution in [1.82, 2.24) is 0 Å². The molecule has 0 N–H and O–H groups in total. The Kier molecular flexibility index (Phi) is 6.23. The van der Waals surface area contributed by atoms with E-state index in [0.717, 1.165) is 0 Å². The molecule has 0 atom stereocenters. The zero-order chi connectivity index (χ0) is 17.2. The van der Waals surface area contributed by atoms with Crippen LogP contribution in [0.15, 0.2) is 36.4 Å². The molecule has 0 amide bonds. The smallest absolute Gasteiger partial charge is 0.0740 e. The fourth-order valence-corrected chi connectivity index (χ4v) is 31.0. The van der Waals surface area contributed by atoms with Crippen LogP contribution in [0.4, 0.5) is 0 Å². The highest BCUT2D eigenvalue weighted by molar-refractivity contribution is 8.30. The van der Waals surface area contributed by atoms with Crippen LogP contribution in [0.1, 0.15) is 22.3 Å². The van der Waals surface area contributed by atoms with Gasteiger partial charge in [0, 0.05) is 0 Å². The first kappa shape index (κ1) is 18.9. The lowest BCUT2D eigenvalue weighted by Gasteiger charge is -2.31. The van der Waals surface area contributed by atoms with Gasteiger partial charge in [-0.1, -0.05) is 66.4 Å². The van der Waals surface area contributed by atoms with Crippen molar-refractivity contribution in [3.05, 3.63) is 58.7 Å². The summed E-state index contributed by atoms with van der Waals surface area (Å²) in [6.45, 7) is 17.4. The topological polar surface area (TPSA) is 0 Å². The lowest BCUT2D eigenvalue weighted by Crippen LogP contribution is -2.34. The van der Waals surface area contributed by atoms with Gasteiger partial charge in [-0.25, -0.2) is 0 Å². The van der Waals surface area contributed by atoms with E-state index in [1.54, 1.807) is 21.5 Å². The summed E-state index contributed by atoms with van der Waals surface area (Å²) < 4.78 is 0. The fraction of sp³-hybridized carbons (Fsp3) is 0.368. The van der Waals surface area contributed by atoms with Crippen molar-refractivity contribution in [3.63, 3.8) is 0 Å². The Morgan fingerprint density at radius 2 is 1.09 bits per heavy atom. The van der Waals surface area contributed by atoms with Gasteiger partial charge in [0.1, 0.15) is 0 Å². The van der Waals surface area contributed by atoms with Gasteiger partial charge in [0.2, 0.25) is 0 Å². The summed E-state index contributed by atoms with van der Waals surface area (Å²) >= 11 is 0. The van der Waals surface area contributed by atoms with Gasteiger partial charge in [0.05, 0.1) is 26.1 Å². The summed E-state index contributed by atoms with van der Waals surface area (Å²) in [4.78, 5) is 0. The Hall–Kier alpha value is -0.479. The second kappa shape index (κ2) is 7.60. The summed E-state index contributed by atoms with van der Waals surface area (Å²) in [6, 6.07) is 14.0. The molecule has 0 bridgehead atoms. The van der Waals surface area contributed by atoms with E-state index in [1.807, 2.05) is 0 Å². The minimum atomic E-state index is -1.04. The van der Waals surface area contributed by atoms with E-state index >= 15 is 0 Å². The Balaban J connectivity index is 2.31. The van der Waals surface area contributed by atoms with E-state index in [4.69, 9.17) is 0 Å². The molecule has 4 heteroatoms. The maximum atomic E-state index is 2.62. The van der Waals surface area contributed by atoms with Crippen molar-refractivity contribution >= 4 is 43.1 Å². The molecule has 0 unspecified atom stereocenters. The summed E-state index contributed by atoms with van der Waals surface area (Å²) in [5, 5.41) is 3.49. The molecule has 0 saturated carbocycles. The molecular formula is C19H31PSi3. The van der Waals surface area contributed by atoms with Crippen molar-refractivity contribution < 1.29 is 0 Å². The van der Waals surface area contributed by atoms with E-state index < -0.39 is 7.74 Å². The van der Waals surface area contributed by atoms with Crippen LogP contribution < -0.4 is 10.4 Å². The Bertz CT molecular complexity index is 636. The van der Waals surface area contributed by atoms with Crippen molar-refractivity contribution in [3.8, 4) is 0 Å². The Labute approximate surface area is 149 Å². The SMILES string of the molecule is Cc1cccc([SiH2]P([SiH2]c2cccc(C)c2C)[Si](C)(C)C)c1C. The van der Waals surface area contributed by atoms with Gasteiger partial charge < -0.3 is 0 Å². The second-order valence-electron chi connectivity index (χ2n) is 7.74. The Morgan fingerprint density at radius 3 is 1.43 bits per heavy atom. The predicted molar refractivity (Wildman–Crippen MR) is 118 cm³/mol. The van der Waals surface area contributed by atoms with Gasteiger partial charge in [0.15, 0.2) is 0 Å². The average Bonchev–Trinajstić information content (AvgIpc) is 2.46. The van der Waals surface area contributed by atoms with Gasteiger partial charge >= 0.3 is 0 Å². The van der Waals surface area contributed by atoms with Crippen LogP contribution in [-0.4, -0.2) is 26.1 Å². The minimum Gasteiger partial charge on any atom is -0.143 e. The van der Waals surface area contributed by atoms with E-state index in [1.165, 1.54) is 11.1 Å². The number of rotatable bonds is 5. The molecule has 0 aliphatic carbocycles.